The molecule has 114 valence electrons. The van der Waals surface area contributed by atoms with Crippen molar-refractivity contribution in [3.05, 3.63) is 24.3 Å². The largest absolute Gasteiger partial charge is 0.447 e. The molecule has 1 aromatic rings. The number of carbonyl (C=O) groups excluding carboxylic acids is 1. The summed E-state index contributed by atoms with van der Waals surface area (Å²) in [5.74, 6) is 2.37. The van der Waals surface area contributed by atoms with E-state index in [1.165, 1.54) is 12.2 Å². The summed E-state index contributed by atoms with van der Waals surface area (Å²) < 4.78 is 5.00. The Kier molecular flexibility index (Phi) is 4.02. The van der Waals surface area contributed by atoms with Crippen molar-refractivity contribution >= 4 is 29.2 Å². The summed E-state index contributed by atoms with van der Waals surface area (Å²) in [5, 5.41) is 3.62. The van der Waals surface area contributed by atoms with E-state index in [4.69, 9.17) is 4.74 Å². The fraction of sp³-hybridized carbons (Fsp3) is 0.562. The number of hydrogen-bond acceptors (Lipinski definition) is 4. The van der Waals surface area contributed by atoms with Gasteiger partial charge in [-0.1, -0.05) is 19.9 Å². The summed E-state index contributed by atoms with van der Waals surface area (Å²) in [5.41, 5.74) is 2.37. The summed E-state index contributed by atoms with van der Waals surface area (Å²) in [7, 11) is 0. The van der Waals surface area contributed by atoms with E-state index in [0.29, 0.717) is 24.6 Å². The number of nitrogens with one attached hydrogen (secondary N) is 1. The van der Waals surface area contributed by atoms with Crippen LogP contribution in [0.2, 0.25) is 0 Å². The van der Waals surface area contributed by atoms with Crippen LogP contribution in [0.5, 0.6) is 0 Å². The first-order chi connectivity index (χ1) is 10.0. The third-order valence-corrected chi connectivity index (χ3v) is 5.52. The van der Waals surface area contributed by atoms with E-state index in [1.807, 2.05) is 30.0 Å². The maximum Gasteiger partial charge on any atom is 0.414 e. The molecule has 1 atom stereocenters. The number of anilines is 2. The summed E-state index contributed by atoms with van der Waals surface area (Å²) in [4.78, 5) is 13.3. The zero-order chi connectivity index (χ0) is 14.9. The smallest absolute Gasteiger partial charge is 0.414 e. The highest BCUT2D eigenvalue weighted by atomic mass is 32.2. The lowest BCUT2D eigenvalue weighted by molar-refractivity contribution is 0.181. The van der Waals surface area contributed by atoms with Crippen LogP contribution >= 0.6 is 11.8 Å². The minimum Gasteiger partial charge on any atom is -0.447 e. The maximum absolute atomic E-state index is 11.6. The van der Waals surface area contributed by atoms with Crippen molar-refractivity contribution in [2.24, 2.45) is 5.41 Å². The maximum atomic E-state index is 11.6. The van der Waals surface area contributed by atoms with Crippen LogP contribution < -0.4 is 10.2 Å². The third kappa shape index (κ3) is 3.46. The van der Waals surface area contributed by atoms with Gasteiger partial charge in [0.15, 0.2) is 0 Å². The summed E-state index contributed by atoms with van der Waals surface area (Å²) in [6.45, 7) is 5.76. The monoisotopic (exact) mass is 306 g/mol. The Labute approximate surface area is 130 Å². The summed E-state index contributed by atoms with van der Waals surface area (Å²) in [6.07, 6.45) is 0.928. The number of amides is 1. The average molecular weight is 306 g/mol. The topological polar surface area (TPSA) is 41.6 Å². The van der Waals surface area contributed by atoms with E-state index in [-0.39, 0.29) is 6.09 Å². The molecule has 21 heavy (non-hydrogen) atoms. The molecule has 2 fully saturated rings. The lowest BCUT2D eigenvalue weighted by Crippen LogP contribution is -2.35. The van der Waals surface area contributed by atoms with Gasteiger partial charge in [0.25, 0.3) is 0 Å². The molecule has 0 saturated carbocycles. The quantitative estimate of drug-likeness (QED) is 0.926. The Morgan fingerprint density at radius 3 is 3.00 bits per heavy atom. The second-order valence-corrected chi connectivity index (χ2v) is 7.57. The molecule has 2 heterocycles. The fourth-order valence-electron chi connectivity index (χ4n) is 2.98. The number of hydrogen-bond donors (Lipinski definition) is 1. The summed E-state index contributed by atoms with van der Waals surface area (Å²) >= 11 is 2.01. The fourth-order valence-corrected chi connectivity index (χ4v) is 4.26. The van der Waals surface area contributed by atoms with Gasteiger partial charge in [0, 0.05) is 23.2 Å². The predicted molar refractivity (Wildman–Crippen MR) is 88.3 cm³/mol. The van der Waals surface area contributed by atoms with Crippen LogP contribution in [0.4, 0.5) is 16.2 Å². The van der Waals surface area contributed by atoms with Crippen LogP contribution in [0.15, 0.2) is 24.3 Å². The Balaban J connectivity index is 1.70. The number of ether oxygens (including phenoxy) is 1. The lowest BCUT2D eigenvalue weighted by Gasteiger charge is -2.35. The van der Waals surface area contributed by atoms with E-state index < -0.39 is 0 Å². The van der Waals surface area contributed by atoms with E-state index in [0.717, 1.165) is 17.1 Å². The van der Waals surface area contributed by atoms with Crippen LogP contribution in [-0.4, -0.2) is 36.8 Å². The number of thioether (sulfide) groups is 1. The Morgan fingerprint density at radius 1 is 1.43 bits per heavy atom. The van der Waals surface area contributed by atoms with Gasteiger partial charge in [0.05, 0.1) is 6.54 Å². The number of cyclic esters (lactones) is 1. The first-order valence-corrected chi connectivity index (χ1v) is 8.58. The predicted octanol–water partition coefficient (Wildman–Crippen LogP) is 3.59. The minimum atomic E-state index is -0.249. The van der Waals surface area contributed by atoms with E-state index in [2.05, 4.69) is 25.2 Å². The molecule has 3 rings (SSSR count). The molecule has 0 aliphatic carbocycles. The molecular weight excluding hydrogens is 284 g/mol. The van der Waals surface area contributed by atoms with Gasteiger partial charge in [-0.15, -0.1) is 0 Å². The molecule has 4 nitrogen and oxygen atoms in total. The van der Waals surface area contributed by atoms with Crippen molar-refractivity contribution in [2.45, 2.75) is 26.3 Å². The molecule has 1 unspecified atom stereocenters. The van der Waals surface area contributed by atoms with Gasteiger partial charge in [-0.25, -0.2) is 4.79 Å². The zero-order valence-electron chi connectivity index (χ0n) is 12.6. The molecule has 2 saturated heterocycles. The van der Waals surface area contributed by atoms with Crippen LogP contribution in [0.3, 0.4) is 0 Å². The SMILES string of the molecule is CC1(C)CSCC(Nc2cccc(N3CCOC3=O)c2)C1. The van der Waals surface area contributed by atoms with Gasteiger partial charge in [-0.3, -0.25) is 4.90 Å². The Bertz CT molecular complexity index is 533. The first-order valence-electron chi connectivity index (χ1n) is 7.42. The van der Waals surface area contributed by atoms with Crippen LogP contribution in [0.1, 0.15) is 20.3 Å². The van der Waals surface area contributed by atoms with Gasteiger partial charge in [0.1, 0.15) is 6.61 Å². The molecule has 2 aliphatic rings. The second kappa shape index (κ2) is 5.79. The van der Waals surface area contributed by atoms with Crippen molar-refractivity contribution in [1.29, 1.82) is 0 Å². The molecular formula is C16H22N2O2S. The highest BCUT2D eigenvalue weighted by Crippen LogP contribution is 2.35. The summed E-state index contributed by atoms with van der Waals surface area (Å²) in [6, 6.07) is 8.54. The van der Waals surface area contributed by atoms with E-state index >= 15 is 0 Å². The highest BCUT2D eigenvalue weighted by Gasteiger charge is 2.28. The standard InChI is InChI=1S/C16H22N2O2S/c1-16(2)9-13(10-21-11-16)17-12-4-3-5-14(8-12)18-6-7-20-15(18)19/h3-5,8,13,17H,6-7,9-11H2,1-2H3. The second-order valence-electron chi connectivity index (χ2n) is 6.54. The molecule has 1 aromatic carbocycles. The van der Waals surface area contributed by atoms with Gasteiger partial charge >= 0.3 is 6.09 Å². The van der Waals surface area contributed by atoms with Gasteiger partial charge in [0.2, 0.25) is 0 Å². The van der Waals surface area contributed by atoms with E-state index in [9.17, 15) is 4.79 Å². The van der Waals surface area contributed by atoms with Crippen molar-refractivity contribution in [2.75, 3.05) is 34.9 Å². The average Bonchev–Trinajstić information content (AvgIpc) is 2.84. The van der Waals surface area contributed by atoms with Gasteiger partial charge in [-0.05, 0) is 35.8 Å². The minimum absolute atomic E-state index is 0.249. The Morgan fingerprint density at radius 2 is 2.29 bits per heavy atom. The highest BCUT2D eigenvalue weighted by molar-refractivity contribution is 7.99. The van der Waals surface area contributed by atoms with Crippen LogP contribution in [0, 0.1) is 5.41 Å². The normalized spacial score (nSPS) is 24.8. The molecule has 2 aliphatic heterocycles. The number of rotatable bonds is 3. The van der Waals surface area contributed by atoms with Crippen molar-refractivity contribution in [3.8, 4) is 0 Å². The number of benzene rings is 1. The zero-order valence-corrected chi connectivity index (χ0v) is 13.4. The van der Waals surface area contributed by atoms with Gasteiger partial charge < -0.3 is 10.1 Å². The molecule has 0 spiro atoms. The van der Waals surface area contributed by atoms with Crippen molar-refractivity contribution in [3.63, 3.8) is 0 Å². The molecule has 1 N–H and O–H groups in total. The molecule has 0 radical (unpaired) electrons. The molecule has 0 bridgehead atoms. The number of carbonyl (C=O) groups is 1. The molecule has 1 amide bonds. The van der Waals surface area contributed by atoms with Crippen LogP contribution in [-0.2, 0) is 4.74 Å². The van der Waals surface area contributed by atoms with Crippen LogP contribution in [0.25, 0.3) is 0 Å². The van der Waals surface area contributed by atoms with E-state index in [1.54, 1.807) is 4.90 Å². The molecule has 0 aromatic heterocycles. The third-order valence-electron chi connectivity index (χ3n) is 3.90. The first kappa shape index (κ1) is 14.6. The number of nitrogens with zero attached hydrogens (tertiary/aromatic N) is 1. The van der Waals surface area contributed by atoms with Crippen molar-refractivity contribution < 1.29 is 9.53 Å². The molecule has 5 heteroatoms. The Hall–Kier alpha value is -1.36. The lowest BCUT2D eigenvalue weighted by atomic mass is 9.88. The van der Waals surface area contributed by atoms with Crippen molar-refractivity contribution in [1.82, 2.24) is 0 Å². The van der Waals surface area contributed by atoms with Gasteiger partial charge in [-0.2, -0.15) is 11.8 Å².